The maximum absolute atomic E-state index is 12.1. The highest BCUT2D eigenvalue weighted by molar-refractivity contribution is 5.40. The summed E-state index contributed by atoms with van der Waals surface area (Å²) in [6, 6.07) is 5.53. The van der Waals surface area contributed by atoms with Crippen molar-refractivity contribution in [3.8, 4) is 11.5 Å². The fourth-order valence-corrected chi connectivity index (χ4v) is 1.41. The summed E-state index contributed by atoms with van der Waals surface area (Å²) in [6.07, 6.45) is -3.50. The number of halogens is 3. The molecule has 1 fully saturated rings. The van der Waals surface area contributed by atoms with Crippen molar-refractivity contribution >= 4 is 0 Å². The van der Waals surface area contributed by atoms with Gasteiger partial charge in [-0.1, -0.05) is 12.1 Å². The first kappa shape index (κ1) is 12.0. The smallest absolute Gasteiger partial charge is 0.481 e. The number of para-hydroxylation sites is 2. The van der Waals surface area contributed by atoms with Crippen LogP contribution in [0.2, 0.25) is 0 Å². The monoisotopic (exact) mass is 248 g/mol. The van der Waals surface area contributed by atoms with Crippen LogP contribution < -0.4 is 9.47 Å². The number of aliphatic hydroxyl groups excluding tert-OH is 1. The van der Waals surface area contributed by atoms with E-state index < -0.39 is 12.0 Å². The molecule has 1 aromatic rings. The van der Waals surface area contributed by atoms with E-state index in [9.17, 15) is 13.2 Å². The molecule has 17 heavy (non-hydrogen) atoms. The zero-order chi connectivity index (χ0) is 12.5. The first-order valence-electron chi connectivity index (χ1n) is 5.09. The van der Waals surface area contributed by atoms with Gasteiger partial charge in [-0.15, -0.1) is 13.2 Å². The van der Waals surface area contributed by atoms with Crippen LogP contribution in [0.5, 0.6) is 11.5 Å². The largest absolute Gasteiger partial charge is 0.573 e. The molecule has 2 rings (SSSR count). The van der Waals surface area contributed by atoms with Gasteiger partial charge in [-0.2, -0.15) is 0 Å². The molecule has 1 aliphatic rings. The molecule has 94 valence electrons. The number of aliphatic hydroxyl groups is 1. The van der Waals surface area contributed by atoms with Crippen molar-refractivity contribution in [2.75, 3.05) is 6.61 Å². The second kappa shape index (κ2) is 4.10. The van der Waals surface area contributed by atoms with Crippen molar-refractivity contribution < 1.29 is 27.8 Å². The van der Waals surface area contributed by atoms with E-state index >= 15 is 0 Å². The average molecular weight is 248 g/mol. The van der Waals surface area contributed by atoms with E-state index in [1.54, 1.807) is 6.07 Å². The summed E-state index contributed by atoms with van der Waals surface area (Å²) in [6.45, 7) is -0.215. The van der Waals surface area contributed by atoms with Gasteiger partial charge in [-0.25, -0.2) is 0 Å². The van der Waals surface area contributed by atoms with Gasteiger partial charge < -0.3 is 14.6 Å². The maximum Gasteiger partial charge on any atom is 0.573 e. The Morgan fingerprint density at radius 1 is 1.18 bits per heavy atom. The molecule has 1 aliphatic carbocycles. The quantitative estimate of drug-likeness (QED) is 0.889. The van der Waals surface area contributed by atoms with Crippen LogP contribution in [-0.4, -0.2) is 23.7 Å². The van der Waals surface area contributed by atoms with E-state index in [4.69, 9.17) is 9.84 Å². The molecule has 0 atom stereocenters. The third kappa shape index (κ3) is 3.03. The molecule has 0 aromatic heterocycles. The molecule has 0 heterocycles. The molecule has 0 bridgehead atoms. The molecule has 0 aliphatic heterocycles. The van der Waals surface area contributed by atoms with Crippen molar-refractivity contribution in [3.05, 3.63) is 24.3 Å². The molecular weight excluding hydrogens is 237 g/mol. The van der Waals surface area contributed by atoms with Crippen LogP contribution in [0.25, 0.3) is 0 Å². The van der Waals surface area contributed by atoms with E-state index in [-0.39, 0.29) is 18.1 Å². The second-order valence-electron chi connectivity index (χ2n) is 3.94. The van der Waals surface area contributed by atoms with Gasteiger partial charge in [0.1, 0.15) is 5.60 Å². The third-order valence-electron chi connectivity index (χ3n) is 2.50. The fraction of sp³-hybridized carbons (Fsp3) is 0.455. The highest BCUT2D eigenvalue weighted by Crippen LogP contribution is 2.43. The van der Waals surface area contributed by atoms with E-state index in [2.05, 4.69) is 4.74 Å². The molecule has 3 nitrogen and oxygen atoms in total. The first-order chi connectivity index (χ1) is 7.94. The van der Waals surface area contributed by atoms with Gasteiger partial charge in [-0.05, 0) is 25.0 Å². The van der Waals surface area contributed by atoms with Crippen molar-refractivity contribution in [2.24, 2.45) is 0 Å². The van der Waals surface area contributed by atoms with Crippen molar-refractivity contribution in [2.45, 2.75) is 24.8 Å². The minimum absolute atomic E-state index is 0.00336. The third-order valence-corrected chi connectivity index (χ3v) is 2.50. The predicted molar refractivity (Wildman–Crippen MR) is 52.8 cm³/mol. The van der Waals surface area contributed by atoms with Crippen LogP contribution in [0.15, 0.2) is 24.3 Å². The SMILES string of the molecule is OCC1(Oc2ccccc2OC(F)(F)F)CC1. The first-order valence-corrected chi connectivity index (χ1v) is 5.09. The Morgan fingerprint density at radius 2 is 1.76 bits per heavy atom. The van der Waals surface area contributed by atoms with Crippen molar-refractivity contribution in [3.63, 3.8) is 0 Å². The molecule has 1 N–H and O–H groups in total. The normalized spacial score (nSPS) is 17.6. The summed E-state index contributed by atoms with van der Waals surface area (Å²) in [4.78, 5) is 0. The molecule has 0 saturated heterocycles. The van der Waals surface area contributed by atoms with Gasteiger partial charge in [0.05, 0.1) is 6.61 Å². The Balaban J connectivity index is 2.16. The summed E-state index contributed by atoms with van der Waals surface area (Å²) in [7, 11) is 0. The molecule has 0 spiro atoms. The highest BCUT2D eigenvalue weighted by Gasteiger charge is 2.46. The summed E-state index contributed by atoms with van der Waals surface area (Å²) < 4.78 is 45.6. The van der Waals surface area contributed by atoms with Gasteiger partial charge in [0.2, 0.25) is 0 Å². The molecular formula is C11H11F3O3. The van der Waals surface area contributed by atoms with Gasteiger partial charge in [0.15, 0.2) is 11.5 Å². The Bertz CT molecular complexity index is 399. The molecule has 0 radical (unpaired) electrons. The topological polar surface area (TPSA) is 38.7 Å². The lowest BCUT2D eigenvalue weighted by atomic mass is 10.3. The summed E-state index contributed by atoms with van der Waals surface area (Å²) in [5.41, 5.74) is -0.731. The zero-order valence-corrected chi connectivity index (χ0v) is 8.83. The van der Waals surface area contributed by atoms with Crippen LogP contribution in [0.3, 0.4) is 0 Å². The van der Waals surface area contributed by atoms with Crippen molar-refractivity contribution in [1.82, 2.24) is 0 Å². The molecule has 0 unspecified atom stereocenters. The van der Waals surface area contributed by atoms with E-state index in [1.165, 1.54) is 18.2 Å². The molecule has 6 heteroatoms. The van der Waals surface area contributed by atoms with E-state index in [0.717, 1.165) is 0 Å². The number of hydrogen-bond donors (Lipinski definition) is 1. The van der Waals surface area contributed by atoms with Gasteiger partial charge in [0, 0.05) is 0 Å². The molecule has 1 aromatic carbocycles. The second-order valence-corrected chi connectivity index (χ2v) is 3.94. The summed E-state index contributed by atoms with van der Waals surface area (Å²) in [5.74, 6) is -0.392. The number of benzene rings is 1. The van der Waals surface area contributed by atoms with E-state index in [0.29, 0.717) is 12.8 Å². The minimum Gasteiger partial charge on any atom is -0.481 e. The number of ether oxygens (including phenoxy) is 2. The summed E-state index contributed by atoms with van der Waals surface area (Å²) in [5, 5.41) is 9.05. The Hall–Kier alpha value is -1.43. The lowest BCUT2D eigenvalue weighted by molar-refractivity contribution is -0.275. The van der Waals surface area contributed by atoms with Crippen molar-refractivity contribution in [1.29, 1.82) is 0 Å². The summed E-state index contributed by atoms with van der Waals surface area (Å²) >= 11 is 0. The minimum atomic E-state index is -4.75. The number of hydrogen-bond acceptors (Lipinski definition) is 3. The van der Waals surface area contributed by atoms with Crippen LogP contribution in [0.1, 0.15) is 12.8 Å². The predicted octanol–water partition coefficient (Wildman–Crippen LogP) is 2.49. The van der Waals surface area contributed by atoms with Gasteiger partial charge in [-0.3, -0.25) is 0 Å². The lowest BCUT2D eigenvalue weighted by Crippen LogP contribution is -2.24. The molecule has 1 saturated carbocycles. The van der Waals surface area contributed by atoms with Crippen LogP contribution in [0.4, 0.5) is 13.2 Å². The highest BCUT2D eigenvalue weighted by atomic mass is 19.4. The average Bonchev–Trinajstić information content (AvgIpc) is 3.00. The lowest BCUT2D eigenvalue weighted by Gasteiger charge is -2.18. The maximum atomic E-state index is 12.1. The number of alkyl halides is 3. The van der Waals surface area contributed by atoms with Crippen LogP contribution in [0, 0.1) is 0 Å². The van der Waals surface area contributed by atoms with Gasteiger partial charge >= 0.3 is 6.36 Å². The zero-order valence-electron chi connectivity index (χ0n) is 8.83. The number of rotatable bonds is 4. The standard InChI is InChI=1S/C11H11F3O3/c12-11(13,14)17-9-4-2-1-3-8(9)16-10(7-15)5-6-10/h1-4,15H,5-7H2. The Kier molecular flexibility index (Phi) is 2.91. The fourth-order valence-electron chi connectivity index (χ4n) is 1.41. The Labute approximate surface area is 95.8 Å². The van der Waals surface area contributed by atoms with Gasteiger partial charge in [0.25, 0.3) is 0 Å². The molecule has 0 amide bonds. The Morgan fingerprint density at radius 3 is 2.24 bits per heavy atom. The van der Waals surface area contributed by atoms with Crippen LogP contribution in [-0.2, 0) is 0 Å². The van der Waals surface area contributed by atoms with E-state index in [1.807, 2.05) is 0 Å². The van der Waals surface area contributed by atoms with Crippen LogP contribution >= 0.6 is 0 Å².